The molecule has 0 bridgehead atoms. The van der Waals surface area contributed by atoms with Gasteiger partial charge in [-0.25, -0.2) is 9.78 Å². The van der Waals surface area contributed by atoms with Crippen LogP contribution >= 0.6 is 11.8 Å². The Bertz CT molecular complexity index is 1560. The molecule has 0 amide bonds. The predicted octanol–water partition coefficient (Wildman–Crippen LogP) is 5.05. The number of nitrogens with one attached hydrogen (secondary N) is 1. The molecule has 5 aromatic rings. The number of benzene rings is 3. The second-order valence-corrected chi connectivity index (χ2v) is 8.82. The third-order valence-electron chi connectivity index (χ3n) is 5.64. The number of H-pyrrole nitrogens is 1. The van der Waals surface area contributed by atoms with Crippen LogP contribution in [0.1, 0.15) is 5.82 Å². The first kappa shape index (κ1) is 24.1. The molecule has 0 aliphatic rings. The molecule has 0 unspecified atom stereocenters. The maximum Gasteiger partial charge on any atom is 0.345 e. The van der Waals surface area contributed by atoms with Gasteiger partial charge in [0.25, 0.3) is 0 Å². The maximum atomic E-state index is 12.6. The van der Waals surface area contributed by atoms with Crippen LogP contribution in [0.5, 0.6) is 5.75 Å². The molecule has 9 nitrogen and oxygen atoms in total. The highest BCUT2D eigenvalue weighted by atomic mass is 32.2. The third kappa shape index (κ3) is 4.78. The molecule has 0 aliphatic carbocycles. The Morgan fingerprint density at radius 3 is 2.46 bits per heavy atom. The molecule has 2 heterocycles. The average molecular weight is 514 g/mol. The number of ether oxygens (including phenoxy) is 2. The van der Waals surface area contributed by atoms with E-state index in [9.17, 15) is 9.90 Å². The zero-order chi connectivity index (χ0) is 25.8. The highest BCUT2D eigenvalue weighted by molar-refractivity contribution is 7.99. The Hall–Kier alpha value is -4.57. The largest absolute Gasteiger partial charge is 0.510 e. The number of esters is 1. The van der Waals surface area contributed by atoms with Gasteiger partial charge < -0.3 is 19.6 Å². The van der Waals surface area contributed by atoms with Crippen LogP contribution in [-0.2, 0) is 9.53 Å². The Labute approximate surface area is 216 Å². The van der Waals surface area contributed by atoms with Gasteiger partial charge in [-0.05, 0) is 36.4 Å². The van der Waals surface area contributed by atoms with Crippen LogP contribution in [0, 0.1) is 0 Å². The molecule has 0 saturated carbocycles. The summed E-state index contributed by atoms with van der Waals surface area (Å²) in [6.45, 7) is 0. The lowest BCUT2D eigenvalue weighted by Gasteiger charge is -2.12. The summed E-state index contributed by atoms with van der Waals surface area (Å²) in [7, 11) is 2.87. The summed E-state index contributed by atoms with van der Waals surface area (Å²) in [5.41, 5.74) is 2.98. The molecule has 0 saturated heterocycles. The summed E-state index contributed by atoms with van der Waals surface area (Å²) in [5, 5.41) is 20.4. The van der Waals surface area contributed by atoms with E-state index in [-0.39, 0.29) is 22.9 Å². The monoisotopic (exact) mass is 513 g/mol. The molecule has 3 aromatic carbocycles. The lowest BCUT2D eigenvalue weighted by Crippen LogP contribution is -2.10. The summed E-state index contributed by atoms with van der Waals surface area (Å²) < 4.78 is 12.4. The van der Waals surface area contributed by atoms with Crippen LogP contribution < -0.4 is 4.74 Å². The Morgan fingerprint density at radius 1 is 0.973 bits per heavy atom. The van der Waals surface area contributed by atoms with E-state index in [0.717, 1.165) is 16.8 Å². The van der Waals surface area contributed by atoms with Gasteiger partial charge in [-0.1, -0.05) is 54.2 Å². The number of carbonyl (C=O) groups is 1. The fraction of sp³-hybridized carbons (Fsp3) is 0.111. The van der Waals surface area contributed by atoms with E-state index in [2.05, 4.69) is 20.2 Å². The number of aromatic amines is 1. The minimum Gasteiger partial charge on any atom is -0.510 e. The van der Waals surface area contributed by atoms with Gasteiger partial charge in [0.2, 0.25) is 0 Å². The molecule has 2 N–H and O–H groups in total. The van der Waals surface area contributed by atoms with E-state index >= 15 is 0 Å². The van der Waals surface area contributed by atoms with Crippen LogP contribution in [-0.4, -0.2) is 55.8 Å². The number of rotatable bonds is 8. The van der Waals surface area contributed by atoms with Gasteiger partial charge >= 0.3 is 5.97 Å². The number of hydrogen-bond acceptors (Lipinski definition) is 8. The average Bonchev–Trinajstić information content (AvgIpc) is 3.56. The molecule has 186 valence electrons. The zero-order valence-electron chi connectivity index (χ0n) is 20.1. The van der Waals surface area contributed by atoms with Crippen LogP contribution in [0.3, 0.4) is 0 Å². The van der Waals surface area contributed by atoms with Crippen molar-refractivity contribution in [3.63, 3.8) is 0 Å². The van der Waals surface area contributed by atoms with Gasteiger partial charge in [0.15, 0.2) is 11.0 Å². The number of methoxy groups -OCH3 is 2. The van der Waals surface area contributed by atoms with Crippen molar-refractivity contribution in [1.82, 2.24) is 24.7 Å². The Morgan fingerprint density at radius 2 is 1.70 bits per heavy atom. The van der Waals surface area contributed by atoms with Crippen LogP contribution in [0.4, 0.5) is 0 Å². The van der Waals surface area contributed by atoms with E-state index in [1.807, 2.05) is 83.4 Å². The van der Waals surface area contributed by atoms with Crippen molar-refractivity contribution in [2.24, 2.45) is 0 Å². The number of hydrogen-bond donors (Lipinski definition) is 2. The van der Waals surface area contributed by atoms with E-state index in [4.69, 9.17) is 9.47 Å². The molecule has 0 radical (unpaired) electrons. The zero-order valence-corrected chi connectivity index (χ0v) is 20.9. The first-order chi connectivity index (χ1) is 18.1. The first-order valence-corrected chi connectivity index (χ1v) is 12.3. The van der Waals surface area contributed by atoms with Gasteiger partial charge in [0, 0.05) is 5.69 Å². The lowest BCUT2D eigenvalue weighted by atomic mass is 10.2. The van der Waals surface area contributed by atoms with Crippen molar-refractivity contribution < 1.29 is 19.4 Å². The number of fused-ring (bicyclic) bond motifs is 1. The quantitative estimate of drug-likeness (QED) is 0.128. The number of aliphatic hydroxyl groups is 1. The number of imidazole rings is 1. The second-order valence-electron chi connectivity index (χ2n) is 7.88. The molecule has 2 aromatic heterocycles. The minimum absolute atomic E-state index is 0.0262. The highest BCUT2D eigenvalue weighted by Crippen LogP contribution is 2.34. The predicted molar refractivity (Wildman–Crippen MR) is 142 cm³/mol. The Kier molecular flexibility index (Phi) is 6.91. The van der Waals surface area contributed by atoms with Crippen molar-refractivity contribution in [3.8, 4) is 22.8 Å². The molecule has 10 heteroatoms. The van der Waals surface area contributed by atoms with Crippen LogP contribution in [0.2, 0.25) is 0 Å². The van der Waals surface area contributed by atoms with E-state index in [1.165, 1.54) is 18.9 Å². The summed E-state index contributed by atoms with van der Waals surface area (Å²) in [6, 6.07) is 24.6. The van der Waals surface area contributed by atoms with E-state index < -0.39 is 5.97 Å². The number of aliphatic hydroxyl groups excluding tert-OH is 1. The van der Waals surface area contributed by atoms with Crippen molar-refractivity contribution in [2.75, 3.05) is 20.0 Å². The summed E-state index contributed by atoms with van der Waals surface area (Å²) in [4.78, 5) is 20.2. The molecule has 0 fully saturated rings. The number of carbonyl (C=O) groups excluding carboxylic acids is 1. The van der Waals surface area contributed by atoms with Crippen molar-refractivity contribution in [1.29, 1.82) is 0 Å². The van der Waals surface area contributed by atoms with Crippen molar-refractivity contribution in [3.05, 3.63) is 90.4 Å². The molecular formula is C27H23N5O4S. The molecule has 0 atom stereocenters. The number of thioether (sulfide) groups is 1. The number of aromatic nitrogens is 5. The van der Waals surface area contributed by atoms with Gasteiger partial charge in [-0.3, -0.25) is 4.57 Å². The van der Waals surface area contributed by atoms with Gasteiger partial charge in [0.1, 0.15) is 22.9 Å². The van der Waals surface area contributed by atoms with Crippen LogP contribution in [0.15, 0.2) is 89.8 Å². The molecule has 0 aliphatic heterocycles. The fourth-order valence-electron chi connectivity index (χ4n) is 3.91. The molecular weight excluding hydrogens is 490 g/mol. The van der Waals surface area contributed by atoms with Crippen molar-refractivity contribution in [2.45, 2.75) is 5.16 Å². The standard InChI is InChI=1S/C27H23N5O4S/c1-35-22-15-9-6-12-18(22)25-30-31-27(32(25)17-10-4-3-5-11-17)37-16-21(33)23(26(34)36-2)24-28-19-13-7-8-14-20(19)29-24/h3-15,33H,16H2,1-2H3,(H,28,29). The smallest absolute Gasteiger partial charge is 0.345 e. The third-order valence-corrected chi connectivity index (χ3v) is 6.58. The molecule has 37 heavy (non-hydrogen) atoms. The van der Waals surface area contributed by atoms with E-state index in [0.29, 0.717) is 22.2 Å². The Balaban J connectivity index is 1.54. The van der Waals surface area contributed by atoms with Gasteiger partial charge in [-0.2, -0.15) is 0 Å². The SMILES string of the molecule is COC(=O)C(=C(O)CSc1nnc(-c2ccccc2OC)n1-c1ccccc1)c1nc2ccccc2[nH]1. The van der Waals surface area contributed by atoms with Gasteiger partial charge in [-0.15, -0.1) is 10.2 Å². The normalized spacial score (nSPS) is 11.8. The molecule has 0 spiro atoms. The van der Waals surface area contributed by atoms with Crippen LogP contribution in [0.25, 0.3) is 33.7 Å². The number of para-hydroxylation sites is 4. The van der Waals surface area contributed by atoms with Gasteiger partial charge in [0.05, 0.1) is 36.6 Å². The second kappa shape index (κ2) is 10.6. The highest BCUT2D eigenvalue weighted by Gasteiger charge is 2.24. The minimum atomic E-state index is -0.698. The lowest BCUT2D eigenvalue weighted by molar-refractivity contribution is -0.133. The van der Waals surface area contributed by atoms with Crippen molar-refractivity contribution >= 4 is 34.3 Å². The summed E-state index contributed by atoms with van der Waals surface area (Å²) >= 11 is 1.23. The first-order valence-electron chi connectivity index (χ1n) is 11.3. The molecule has 5 rings (SSSR count). The maximum absolute atomic E-state index is 12.6. The topological polar surface area (TPSA) is 115 Å². The number of nitrogens with zero attached hydrogens (tertiary/aromatic N) is 4. The summed E-state index contributed by atoms with van der Waals surface area (Å²) in [6.07, 6.45) is 0. The summed E-state index contributed by atoms with van der Waals surface area (Å²) in [5.74, 6) is 0.599. The van der Waals surface area contributed by atoms with E-state index in [1.54, 1.807) is 7.11 Å². The fourth-order valence-corrected chi connectivity index (χ4v) is 4.74.